The van der Waals surface area contributed by atoms with Crippen molar-refractivity contribution in [3.8, 4) is 0 Å². The van der Waals surface area contributed by atoms with Gasteiger partial charge in [-0.1, -0.05) is 12.7 Å². The zero-order valence-corrected chi connectivity index (χ0v) is 13.2. The first-order chi connectivity index (χ1) is 11.7. The number of carbonyl (C=O) groups is 1. The van der Waals surface area contributed by atoms with E-state index >= 15 is 0 Å². The molecule has 25 heavy (non-hydrogen) atoms. The molecule has 2 N–H and O–H groups in total. The van der Waals surface area contributed by atoms with Gasteiger partial charge >= 0.3 is 6.18 Å². The van der Waals surface area contributed by atoms with Gasteiger partial charge in [0.2, 0.25) is 5.91 Å². The lowest BCUT2D eigenvalue weighted by molar-refractivity contribution is -0.137. The van der Waals surface area contributed by atoms with Gasteiger partial charge < -0.3 is 10.3 Å². The van der Waals surface area contributed by atoms with Gasteiger partial charge in [0.15, 0.2) is 0 Å². The van der Waals surface area contributed by atoms with Crippen LogP contribution in [0.5, 0.6) is 0 Å². The molecule has 2 heterocycles. The standard InChI is InChI=1S/C18H14F4N2O/c1-3-14-13(6-9(2)19)17-12(8-16(25)23-14)11-7-10(18(20,21)22)4-5-15(11)24-17/h3-7,24H,2,8H2,1H3,(H,23,25)/b13-6+,14-3+. The predicted molar refractivity (Wildman–Crippen MR) is 87.1 cm³/mol. The van der Waals surface area contributed by atoms with Crippen molar-refractivity contribution in [3.63, 3.8) is 0 Å². The number of allylic oxidation sites excluding steroid dienone is 4. The molecule has 0 radical (unpaired) electrons. The normalized spacial score (nSPS) is 18.4. The van der Waals surface area contributed by atoms with Crippen LogP contribution in [0.1, 0.15) is 23.7 Å². The molecule has 1 aromatic carbocycles. The lowest BCUT2D eigenvalue weighted by Crippen LogP contribution is -2.22. The van der Waals surface area contributed by atoms with Crippen LogP contribution in [0.25, 0.3) is 16.5 Å². The number of nitrogens with one attached hydrogen (secondary N) is 2. The Bertz CT molecular complexity index is 948. The second-order valence-corrected chi connectivity index (χ2v) is 5.67. The minimum atomic E-state index is -4.49. The minimum Gasteiger partial charge on any atom is -0.354 e. The molecule has 0 saturated heterocycles. The smallest absolute Gasteiger partial charge is 0.354 e. The second-order valence-electron chi connectivity index (χ2n) is 5.67. The van der Waals surface area contributed by atoms with Crippen molar-refractivity contribution in [1.29, 1.82) is 0 Å². The Morgan fingerprint density at radius 1 is 1.32 bits per heavy atom. The number of fused-ring (bicyclic) bond motifs is 3. The van der Waals surface area contributed by atoms with E-state index in [1.54, 1.807) is 13.0 Å². The molecule has 7 heteroatoms. The number of halogens is 4. The molecule has 1 aliphatic heterocycles. The van der Waals surface area contributed by atoms with E-state index in [2.05, 4.69) is 16.9 Å². The van der Waals surface area contributed by atoms with Crippen molar-refractivity contribution < 1.29 is 22.4 Å². The Morgan fingerprint density at radius 3 is 2.64 bits per heavy atom. The van der Waals surface area contributed by atoms with E-state index in [-0.39, 0.29) is 17.7 Å². The summed E-state index contributed by atoms with van der Waals surface area (Å²) < 4.78 is 52.4. The summed E-state index contributed by atoms with van der Waals surface area (Å²) in [5.74, 6) is -1.12. The van der Waals surface area contributed by atoms with Crippen LogP contribution in [0, 0.1) is 0 Å². The number of amides is 1. The fraction of sp³-hybridized carbons (Fsp3) is 0.167. The van der Waals surface area contributed by atoms with Crippen molar-refractivity contribution in [2.45, 2.75) is 19.5 Å². The summed E-state index contributed by atoms with van der Waals surface area (Å²) in [6, 6.07) is 3.27. The molecule has 1 aromatic heterocycles. The van der Waals surface area contributed by atoms with Crippen molar-refractivity contribution in [2.75, 3.05) is 0 Å². The number of aromatic nitrogens is 1. The number of alkyl halides is 3. The van der Waals surface area contributed by atoms with Gasteiger partial charge in [0.05, 0.1) is 17.7 Å². The molecule has 0 bridgehead atoms. The molecule has 0 saturated carbocycles. The minimum absolute atomic E-state index is 0.121. The van der Waals surface area contributed by atoms with Crippen molar-refractivity contribution in [2.24, 2.45) is 0 Å². The van der Waals surface area contributed by atoms with E-state index in [0.717, 1.165) is 18.2 Å². The summed E-state index contributed by atoms with van der Waals surface area (Å²) in [5.41, 5.74) is 1.13. The number of rotatable bonds is 1. The molecule has 2 aromatic rings. The third-order valence-electron chi connectivity index (χ3n) is 3.99. The Kier molecular flexibility index (Phi) is 4.02. The Morgan fingerprint density at radius 2 is 2.04 bits per heavy atom. The number of aromatic amines is 1. The fourth-order valence-corrected chi connectivity index (χ4v) is 2.93. The quantitative estimate of drug-likeness (QED) is 0.724. The summed E-state index contributed by atoms with van der Waals surface area (Å²) in [6.07, 6.45) is -1.88. The number of benzene rings is 1. The van der Waals surface area contributed by atoms with Gasteiger partial charge in [0.25, 0.3) is 0 Å². The lowest BCUT2D eigenvalue weighted by Gasteiger charge is -2.09. The molecule has 0 fully saturated rings. The van der Waals surface area contributed by atoms with Gasteiger partial charge in [-0.2, -0.15) is 13.2 Å². The summed E-state index contributed by atoms with van der Waals surface area (Å²) in [5, 5.41) is 2.92. The summed E-state index contributed by atoms with van der Waals surface area (Å²) in [6.45, 7) is 4.86. The molecule has 0 spiro atoms. The van der Waals surface area contributed by atoms with Crippen LogP contribution in [0.4, 0.5) is 17.6 Å². The Balaban J connectivity index is 2.32. The highest BCUT2D eigenvalue weighted by atomic mass is 19.4. The van der Waals surface area contributed by atoms with E-state index in [9.17, 15) is 22.4 Å². The second kappa shape index (κ2) is 5.91. The maximum Gasteiger partial charge on any atom is 0.416 e. The first kappa shape index (κ1) is 17.0. The van der Waals surface area contributed by atoms with E-state index in [1.165, 1.54) is 6.07 Å². The number of hydrogen-bond acceptors (Lipinski definition) is 1. The van der Waals surface area contributed by atoms with Gasteiger partial charge in [-0.3, -0.25) is 4.79 Å². The van der Waals surface area contributed by atoms with Gasteiger partial charge in [0.1, 0.15) is 5.83 Å². The van der Waals surface area contributed by atoms with E-state index in [4.69, 9.17) is 0 Å². The topological polar surface area (TPSA) is 44.9 Å². The molecule has 1 amide bonds. The van der Waals surface area contributed by atoms with Crippen LogP contribution in [0.3, 0.4) is 0 Å². The SMILES string of the molecule is C=C(F)/C=C1\C(=C/C)NC(=O)Cc2c1[nH]c1ccc(C(F)(F)F)cc21. The van der Waals surface area contributed by atoms with Crippen LogP contribution in [0.15, 0.2) is 48.5 Å². The highest BCUT2D eigenvalue weighted by molar-refractivity contribution is 6.00. The highest BCUT2D eigenvalue weighted by Crippen LogP contribution is 2.37. The molecule has 0 unspecified atom stereocenters. The van der Waals surface area contributed by atoms with E-state index in [1.807, 2.05) is 0 Å². The molecule has 3 rings (SSSR count). The van der Waals surface area contributed by atoms with Crippen molar-refractivity contribution in [3.05, 3.63) is 65.3 Å². The fourth-order valence-electron chi connectivity index (χ4n) is 2.93. The molecular weight excluding hydrogens is 336 g/mol. The van der Waals surface area contributed by atoms with E-state index < -0.39 is 17.6 Å². The maximum atomic E-state index is 13.4. The molecule has 3 nitrogen and oxygen atoms in total. The molecule has 1 aliphatic rings. The van der Waals surface area contributed by atoms with Gasteiger partial charge in [-0.05, 0) is 36.8 Å². The predicted octanol–water partition coefficient (Wildman–Crippen LogP) is 4.63. The number of H-pyrrole nitrogens is 1. The lowest BCUT2D eigenvalue weighted by atomic mass is 10.0. The first-order valence-electron chi connectivity index (χ1n) is 7.45. The van der Waals surface area contributed by atoms with Crippen LogP contribution in [-0.4, -0.2) is 10.9 Å². The summed E-state index contributed by atoms with van der Waals surface area (Å²) >= 11 is 0. The average Bonchev–Trinajstić information content (AvgIpc) is 2.81. The third-order valence-corrected chi connectivity index (χ3v) is 3.99. The Labute approximate surface area is 140 Å². The zero-order chi connectivity index (χ0) is 18.4. The molecular formula is C18H14F4N2O. The maximum absolute atomic E-state index is 13.4. The zero-order valence-electron chi connectivity index (χ0n) is 13.2. The molecule has 130 valence electrons. The average molecular weight is 350 g/mol. The monoisotopic (exact) mass is 350 g/mol. The van der Waals surface area contributed by atoms with Gasteiger partial charge in [0, 0.05) is 22.2 Å². The van der Waals surface area contributed by atoms with Crippen LogP contribution in [-0.2, 0) is 17.4 Å². The van der Waals surface area contributed by atoms with Crippen molar-refractivity contribution >= 4 is 22.4 Å². The summed E-state index contributed by atoms with van der Waals surface area (Å²) in [7, 11) is 0. The number of hydrogen-bond donors (Lipinski definition) is 2. The van der Waals surface area contributed by atoms with Crippen LogP contribution >= 0.6 is 0 Å². The molecule has 0 aliphatic carbocycles. The summed E-state index contributed by atoms with van der Waals surface area (Å²) in [4.78, 5) is 15.1. The van der Waals surface area contributed by atoms with Crippen molar-refractivity contribution in [1.82, 2.24) is 10.3 Å². The number of carbonyl (C=O) groups excluding carboxylic acids is 1. The van der Waals surface area contributed by atoms with Crippen LogP contribution < -0.4 is 5.32 Å². The first-order valence-corrected chi connectivity index (χ1v) is 7.45. The van der Waals surface area contributed by atoms with E-state index in [0.29, 0.717) is 28.0 Å². The van der Waals surface area contributed by atoms with Gasteiger partial charge in [-0.25, -0.2) is 4.39 Å². The third kappa shape index (κ3) is 3.09. The molecule has 0 atom stereocenters. The largest absolute Gasteiger partial charge is 0.416 e. The Hall–Kier alpha value is -2.83. The highest BCUT2D eigenvalue weighted by Gasteiger charge is 2.32. The van der Waals surface area contributed by atoms with Gasteiger partial charge in [-0.15, -0.1) is 0 Å². The van der Waals surface area contributed by atoms with Crippen LogP contribution in [0.2, 0.25) is 0 Å².